The summed E-state index contributed by atoms with van der Waals surface area (Å²) < 4.78 is 0. The minimum atomic E-state index is 0.0834. The van der Waals surface area contributed by atoms with Gasteiger partial charge in [0.1, 0.15) is 0 Å². The molecule has 0 aromatic heterocycles. The molecule has 1 aromatic rings. The van der Waals surface area contributed by atoms with E-state index in [-0.39, 0.29) is 6.03 Å². The van der Waals surface area contributed by atoms with Gasteiger partial charge < -0.3 is 10.2 Å². The summed E-state index contributed by atoms with van der Waals surface area (Å²) in [6.45, 7) is 3.78. The van der Waals surface area contributed by atoms with E-state index < -0.39 is 0 Å². The Kier molecular flexibility index (Phi) is 4.74. The Morgan fingerprint density at radius 1 is 0.958 bits per heavy atom. The van der Waals surface area contributed by atoms with E-state index >= 15 is 0 Å². The molecule has 1 saturated heterocycles. The molecule has 1 aromatic carbocycles. The number of carbonyl (C=O) groups excluding carboxylic acids is 1. The van der Waals surface area contributed by atoms with E-state index in [1.165, 1.54) is 49.7 Å². The Morgan fingerprint density at radius 3 is 2.50 bits per heavy atom. The molecule has 1 saturated carbocycles. The number of anilines is 1. The van der Waals surface area contributed by atoms with Crippen molar-refractivity contribution in [2.24, 2.45) is 0 Å². The Bertz CT molecular complexity index is 587. The van der Waals surface area contributed by atoms with Crippen molar-refractivity contribution in [3.8, 4) is 0 Å². The van der Waals surface area contributed by atoms with Crippen LogP contribution in [0.1, 0.15) is 49.7 Å². The number of hydrogen-bond donors (Lipinski definition) is 1. The molecule has 4 heteroatoms. The number of piperazine rings is 1. The van der Waals surface area contributed by atoms with E-state index in [0.717, 1.165) is 50.7 Å². The fraction of sp³-hybridized carbons (Fsp3) is 0.650. The van der Waals surface area contributed by atoms with Gasteiger partial charge in [0.25, 0.3) is 0 Å². The molecule has 1 heterocycles. The number of nitrogens with one attached hydrogen (secondary N) is 1. The highest BCUT2D eigenvalue weighted by atomic mass is 16.2. The number of carbonyl (C=O) groups is 1. The zero-order chi connectivity index (χ0) is 16.4. The van der Waals surface area contributed by atoms with Crippen molar-refractivity contribution in [3.63, 3.8) is 0 Å². The fourth-order valence-corrected chi connectivity index (χ4v) is 4.65. The van der Waals surface area contributed by atoms with E-state index in [9.17, 15) is 4.79 Å². The molecular formula is C20H29N3O. The smallest absolute Gasteiger partial charge is 0.321 e. The summed E-state index contributed by atoms with van der Waals surface area (Å²) in [4.78, 5) is 17.3. The minimum Gasteiger partial charge on any atom is -0.322 e. The summed E-state index contributed by atoms with van der Waals surface area (Å²) in [5, 5.41) is 3.19. The highest BCUT2D eigenvalue weighted by Gasteiger charge is 2.28. The molecule has 1 aliphatic heterocycles. The fourth-order valence-electron chi connectivity index (χ4n) is 4.65. The third-order valence-corrected chi connectivity index (χ3v) is 6.08. The van der Waals surface area contributed by atoms with Crippen molar-refractivity contribution in [2.45, 2.75) is 57.4 Å². The summed E-state index contributed by atoms with van der Waals surface area (Å²) in [6, 6.07) is 7.22. The molecule has 2 fully saturated rings. The molecular weight excluding hydrogens is 298 g/mol. The average Bonchev–Trinajstić information content (AvgIpc) is 3.17. The van der Waals surface area contributed by atoms with Crippen molar-refractivity contribution in [2.75, 3.05) is 31.5 Å². The molecule has 4 rings (SSSR count). The number of urea groups is 1. The Balaban J connectivity index is 1.35. The molecule has 2 amide bonds. The first kappa shape index (κ1) is 15.9. The standard InChI is InChI=1S/C20H29N3O/c24-20(21-19-11-5-7-16-6-1-4-10-18(16)19)23-14-12-22(13-15-23)17-8-2-3-9-17/h5,7,11,17H,1-4,6,8-10,12-15H2,(H,21,24). The van der Waals surface area contributed by atoms with Crippen molar-refractivity contribution in [1.82, 2.24) is 9.80 Å². The molecule has 0 radical (unpaired) electrons. The zero-order valence-electron chi connectivity index (χ0n) is 14.6. The predicted octanol–water partition coefficient (Wildman–Crippen LogP) is 3.66. The van der Waals surface area contributed by atoms with Gasteiger partial charge in [0.05, 0.1) is 0 Å². The molecule has 4 nitrogen and oxygen atoms in total. The number of nitrogens with zero attached hydrogens (tertiary/aromatic N) is 2. The van der Waals surface area contributed by atoms with Crippen LogP contribution in [0.3, 0.4) is 0 Å². The summed E-state index contributed by atoms with van der Waals surface area (Å²) in [5.41, 5.74) is 3.82. The number of benzene rings is 1. The molecule has 1 N–H and O–H groups in total. The number of aryl methyl sites for hydroxylation is 1. The van der Waals surface area contributed by atoms with Crippen LogP contribution in [0, 0.1) is 0 Å². The highest BCUT2D eigenvalue weighted by molar-refractivity contribution is 5.90. The van der Waals surface area contributed by atoms with E-state index in [1.54, 1.807) is 0 Å². The number of hydrogen-bond acceptors (Lipinski definition) is 2. The summed E-state index contributed by atoms with van der Waals surface area (Å²) in [6.07, 6.45) is 10.2. The van der Waals surface area contributed by atoms with Crippen LogP contribution in [0.5, 0.6) is 0 Å². The van der Waals surface area contributed by atoms with Crippen LogP contribution in [-0.2, 0) is 12.8 Å². The molecule has 130 valence electrons. The third-order valence-electron chi connectivity index (χ3n) is 6.08. The number of rotatable bonds is 2. The molecule has 0 spiro atoms. The lowest BCUT2D eigenvalue weighted by atomic mass is 9.90. The summed E-state index contributed by atoms with van der Waals surface area (Å²) >= 11 is 0. The lowest BCUT2D eigenvalue weighted by Gasteiger charge is -2.38. The van der Waals surface area contributed by atoms with E-state index in [2.05, 4.69) is 28.4 Å². The maximum Gasteiger partial charge on any atom is 0.321 e. The maximum atomic E-state index is 12.7. The van der Waals surface area contributed by atoms with E-state index in [4.69, 9.17) is 0 Å². The van der Waals surface area contributed by atoms with Gasteiger partial charge in [0, 0.05) is 37.9 Å². The molecule has 0 atom stereocenters. The quantitative estimate of drug-likeness (QED) is 0.900. The van der Waals surface area contributed by atoms with Gasteiger partial charge in [-0.05, 0) is 55.7 Å². The van der Waals surface area contributed by atoms with Gasteiger partial charge in [-0.1, -0.05) is 25.0 Å². The van der Waals surface area contributed by atoms with Crippen LogP contribution >= 0.6 is 0 Å². The molecule has 3 aliphatic rings. The second-order valence-corrected chi connectivity index (χ2v) is 7.54. The first-order valence-corrected chi connectivity index (χ1v) is 9.72. The molecule has 0 unspecified atom stereocenters. The first-order chi connectivity index (χ1) is 11.8. The normalized spacial score (nSPS) is 22.4. The van der Waals surface area contributed by atoms with E-state index in [1.807, 2.05) is 4.90 Å². The Labute approximate surface area is 145 Å². The molecule has 2 aliphatic carbocycles. The second kappa shape index (κ2) is 7.14. The van der Waals surface area contributed by atoms with E-state index in [0.29, 0.717) is 0 Å². The first-order valence-electron chi connectivity index (χ1n) is 9.72. The van der Waals surface area contributed by atoms with Crippen LogP contribution in [-0.4, -0.2) is 48.1 Å². The topological polar surface area (TPSA) is 35.6 Å². The van der Waals surface area contributed by atoms with Gasteiger partial charge in [0.15, 0.2) is 0 Å². The van der Waals surface area contributed by atoms with Crippen LogP contribution in [0.25, 0.3) is 0 Å². The Morgan fingerprint density at radius 2 is 1.71 bits per heavy atom. The van der Waals surface area contributed by atoms with Crippen LogP contribution < -0.4 is 5.32 Å². The average molecular weight is 327 g/mol. The summed E-state index contributed by atoms with van der Waals surface area (Å²) in [5.74, 6) is 0. The second-order valence-electron chi connectivity index (χ2n) is 7.54. The Hall–Kier alpha value is -1.55. The number of amides is 2. The largest absolute Gasteiger partial charge is 0.322 e. The minimum absolute atomic E-state index is 0.0834. The van der Waals surface area contributed by atoms with Crippen LogP contribution in [0.4, 0.5) is 10.5 Å². The van der Waals surface area contributed by atoms with Gasteiger partial charge in [-0.3, -0.25) is 4.90 Å². The van der Waals surface area contributed by atoms with Gasteiger partial charge in [-0.15, -0.1) is 0 Å². The van der Waals surface area contributed by atoms with Crippen molar-refractivity contribution in [3.05, 3.63) is 29.3 Å². The lowest BCUT2D eigenvalue weighted by Crippen LogP contribution is -2.52. The van der Waals surface area contributed by atoms with Crippen molar-refractivity contribution in [1.29, 1.82) is 0 Å². The van der Waals surface area contributed by atoms with Gasteiger partial charge >= 0.3 is 6.03 Å². The summed E-state index contributed by atoms with van der Waals surface area (Å²) in [7, 11) is 0. The van der Waals surface area contributed by atoms with Gasteiger partial charge in [0.2, 0.25) is 0 Å². The monoisotopic (exact) mass is 327 g/mol. The predicted molar refractivity (Wildman–Crippen MR) is 97.5 cm³/mol. The van der Waals surface area contributed by atoms with Gasteiger partial charge in [-0.25, -0.2) is 4.79 Å². The van der Waals surface area contributed by atoms with Crippen LogP contribution in [0.15, 0.2) is 18.2 Å². The third kappa shape index (κ3) is 3.30. The van der Waals surface area contributed by atoms with Crippen molar-refractivity contribution < 1.29 is 4.79 Å². The number of fused-ring (bicyclic) bond motifs is 1. The molecule has 24 heavy (non-hydrogen) atoms. The van der Waals surface area contributed by atoms with Crippen LogP contribution in [0.2, 0.25) is 0 Å². The zero-order valence-corrected chi connectivity index (χ0v) is 14.6. The lowest BCUT2D eigenvalue weighted by molar-refractivity contribution is 0.115. The SMILES string of the molecule is O=C(Nc1cccc2c1CCCC2)N1CCN(C2CCCC2)CC1. The maximum absolute atomic E-state index is 12.7. The highest BCUT2D eigenvalue weighted by Crippen LogP contribution is 2.28. The van der Waals surface area contributed by atoms with Gasteiger partial charge in [-0.2, -0.15) is 0 Å². The van der Waals surface area contributed by atoms with Crippen molar-refractivity contribution >= 4 is 11.7 Å². The molecule has 0 bridgehead atoms.